The van der Waals surface area contributed by atoms with Gasteiger partial charge in [0.05, 0.1) is 6.21 Å². The summed E-state index contributed by atoms with van der Waals surface area (Å²) in [6.07, 6.45) is 6.46. The van der Waals surface area contributed by atoms with Gasteiger partial charge in [-0.25, -0.2) is 4.98 Å². The molecule has 22 heavy (non-hydrogen) atoms. The molecule has 1 heterocycles. The maximum atomic E-state index is 5.06. The number of imidazole rings is 1. The van der Waals surface area contributed by atoms with E-state index in [1.54, 1.807) is 6.21 Å². The molecule has 0 spiro atoms. The maximum Gasteiger partial charge on any atom is 0.153 e. The summed E-state index contributed by atoms with van der Waals surface area (Å²) in [5.41, 5.74) is 6.06. The molecular weight excluding hydrogens is 312 g/mol. The topological polar surface area (TPSA) is 53.1 Å². The summed E-state index contributed by atoms with van der Waals surface area (Å²) in [5, 5.41) is 4.16. The van der Waals surface area contributed by atoms with Gasteiger partial charge in [-0.3, -0.25) is 5.43 Å². The van der Waals surface area contributed by atoms with E-state index in [9.17, 15) is 0 Å². The van der Waals surface area contributed by atoms with Crippen LogP contribution in [-0.4, -0.2) is 26.8 Å². The molecule has 0 saturated carbocycles. The molecule has 0 fully saturated rings. The van der Waals surface area contributed by atoms with Crippen LogP contribution in [0.4, 0.5) is 0 Å². The Morgan fingerprint density at radius 2 is 2.18 bits per heavy atom. The Labute approximate surface area is 140 Å². The Balaban J connectivity index is 2.12. The number of rotatable bonds is 6. The minimum absolute atomic E-state index is 0.647. The highest BCUT2D eigenvalue weighted by molar-refractivity contribution is 8.22. The van der Waals surface area contributed by atoms with Crippen molar-refractivity contribution in [2.24, 2.45) is 5.10 Å². The highest BCUT2D eigenvalue weighted by atomic mass is 32.2. The average molecular weight is 332 g/mol. The highest BCUT2D eigenvalue weighted by Gasteiger charge is 2.08. The summed E-state index contributed by atoms with van der Waals surface area (Å²) < 4.78 is 0.647. The minimum atomic E-state index is 0.647. The van der Waals surface area contributed by atoms with E-state index in [-0.39, 0.29) is 0 Å². The molecule has 0 atom stereocenters. The number of benzene rings is 1. The second kappa shape index (κ2) is 8.70. The van der Waals surface area contributed by atoms with Gasteiger partial charge in [0.15, 0.2) is 4.32 Å². The lowest BCUT2D eigenvalue weighted by molar-refractivity contribution is 0.881. The van der Waals surface area contributed by atoms with Crippen molar-refractivity contribution in [2.45, 2.75) is 26.2 Å². The molecule has 1 aromatic carbocycles. The van der Waals surface area contributed by atoms with Crippen molar-refractivity contribution in [3.05, 3.63) is 53.1 Å². The third kappa shape index (κ3) is 4.96. The minimum Gasteiger partial charge on any atom is -0.345 e. The van der Waals surface area contributed by atoms with E-state index in [4.69, 9.17) is 12.2 Å². The SMILES string of the molecule is CCCc1[nH]c(Cc2ccccc2)nc1C=NNC(=S)SC. The third-order valence-corrected chi connectivity index (χ3v) is 4.16. The van der Waals surface area contributed by atoms with Gasteiger partial charge in [0.1, 0.15) is 11.5 Å². The number of hydrazone groups is 1. The van der Waals surface area contributed by atoms with Crippen LogP contribution < -0.4 is 5.43 Å². The van der Waals surface area contributed by atoms with Gasteiger partial charge in [-0.2, -0.15) is 5.10 Å². The molecule has 2 aromatic rings. The number of aromatic amines is 1. The van der Waals surface area contributed by atoms with Gasteiger partial charge >= 0.3 is 0 Å². The van der Waals surface area contributed by atoms with Crippen LogP contribution in [0.25, 0.3) is 0 Å². The van der Waals surface area contributed by atoms with Crippen molar-refractivity contribution in [1.82, 2.24) is 15.4 Å². The fourth-order valence-electron chi connectivity index (χ4n) is 2.09. The lowest BCUT2D eigenvalue weighted by atomic mass is 10.1. The summed E-state index contributed by atoms with van der Waals surface area (Å²) in [6.45, 7) is 2.15. The van der Waals surface area contributed by atoms with E-state index in [0.29, 0.717) is 4.32 Å². The monoisotopic (exact) mass is 332 g/mol. The van der Waals surface area contributed by atoms with Gasteiger partial charge in [-0.05, 0) is 18.2 Å². The van der Waals surface area contributed by atoms with E-state index in [2.05, 4.69) is 39.6 Å². The predicted molar refractivity (Wildman–Crippen MR) is 98.7 cm³/mol. The third-order valence-electron chi connectivity index (χ3n) is 3.10. The number of hydrogen-bond acceptors (Lipinski definition) is 4. The summed E-state index contributed by atoms with van der Waals surface area (Å²) in [4.78, 5) is 8.07. The molecule has 1 aromatic heterocycles. The summed E-state index contributed by atoms with van der Waals surface area (Å²) in [6, 6.07) is 10.3. The van der Waals surface area contributed by atoms with Crippen LogP contribution in [0.3, 0.4) is 0 Å². The Bertz CT molecular complexity index is 635. The number of aryl methyl sites for hydroxylation is 1. The zero-order valence-corrected chi connectivity index (χ0v) is 14.4. The van der Waals surface area contributed by atoms with Crippen LogP contribution in [0.15, 0.2) is 35.4 Å². The number of H-pyrrole nitrogens is 1. The molecule has 0 saturated heterocycles. The number of nitrogens with zero attached hydrogens (tertiary/aromatic N) is 2. The van der Waals surface area contributed by atoms with Crippen molar-refractivity contribution in [3.8, 4) is 0 Å². The zero-order chi connectivity index (χ0) is 15.8. The molecule has 2 rings (SSSR count). The van der Waals surface area contributed by atoms with Crippen LogP contribution in [0.1, 0.15) is 36.1 Å². The molecule has 0 bridgehead atoms. The van der Waals surface area contributed by atoms with Crippen molar-refractivity contribution in [3.63, 3.8) is 0 Å². The first-order valence-electron chi connectivity index (χ1n) is 7.21. The fourth-order valence-corrected chi connectivity index (χ4v) is 2.29. The standard InChI is InChI=1S/C16H20N4S2/c1-3-7-13-14(11-17-20-16(21)22-2)19-15(18-13)10-12-8-5-4-6-9-12/h4-6,8-9,11H,3,7,10H2,1-2H3,(H,18,19)(H,20,21). The van der Waals surface area contributed by atoms with E-state index in [1.165, 1.54) is 17.3 Å². The Morgan fingerprint density at radius 1 is 1.41 bits per heavy atom. The molecular formula is C16H20N4S2. The van der Waals surface area contributed by atoms with Crippen LogP contribution >= 0.6 is 24.0 Å². The average Bonchev–Trinajstić information content (AvgIpc) is 2.90. The van der Waals surface area contributed by atoms with E-state index >= 15 is 0 Å². The largest absolute Gasteiger partial charge is 0.345 e. The van der Waals surface area contributed by atoms with Crippen molar-refractivity contribution < 1.29 is 0 Å². The molecule has 4 nitrogen and oxygen atoms in total. The van der Waals surface area contributed by atoms with Crippen LogP contribution in [0.5, 0.6) is 0 Å². The molecule has 0 aliphatic carbocycles. The number of thiocarbonyl (C=S) groups is 1. The van der Waals surface area contributed by atoms with Gasteiger partial charge in [0.25, 0.3) is 0 Å². The van der Waals surface area contributed by atoms with Crippen LogP contribution in [0.2, 0.25) is 0 Å². The fraction of sp³-hybridized carbons (Fsp3) is 0.312. The summed E-state index contributed by atoms with van der Waals surface area (Å²) in [5.74, 6) is 0.962. The van der Waals surface area contributed by atoms with E-state index < -0.39 is 0 Å². The molecule has 0 aliphatic heterocycles. The van der Waals surface area contributed by atoms with Gasteiger partial charge in [-0.15, -0.1) is 0 Å². The normalized spacial score (nSPS) is 11.0. The summed E-state index contributed by atoms with van der Waals surface area (Å²) in [7, 11) is 0. The van der Waals surface area contributed by atoms with E-state index in [1.807, 2.05) is 24.5 Å². The highest BCUT2D eigenvalue weighted by Crippen LogP contribution is 2.11. The predicted octanol–water partition coefficient (Wildman–Crippen LogP) is 3.52. The zero-order valence-electron chi connectivity index (χ0n) is 12.8. The maximum absolute atomic E-state index is 5.06. The number of hydrogen-bond donors (Lipinski definition) is 2. The van der Waals surface area contributed by atoms with E-state index in [0.717, 1.165) is 36.5 Å². The van der Waals surface area contributed by atoms with Crippen LogP contribution in [0, 0.1) is 0 Å². The smallest absolute Gasteiger partial charge is 0.153 e. The first kappa shape index (κ1) is 16.7. The lowest BCUT2D eigenvalue weighted by Crippen LogP contribution is -2.10. The first-order chi connectivity index (χ1) is 10.7. The Morgan fingerprint density at radius 3 is 2.86 bits per heavy atom. The quantitative estimate of drug-likeness (QED) is 0.483. The Kier molecular flexibility index (Phi) is 6.61. The summed E-state index contributed by atoms with van der Waals surface area (Å²) >= 11 is 6.52. The molecule has 0 amide bonds. The van der Waals surface area contributed by atoms with Gasteiger partial charge in [-0.1, -0.05) is 67.7 Å². The number of nitrogens with one attached hydrogen (secondary N) is 2. The Hall–Kier alpha value is -1.66. The van der Waals surface area contributed by atoms with Gasteiger partial charge in [0, 0.05) is 12.1 Å². The second-order valence-electron chi connectivity index (χ2n) is 4.82. The van der Waals surface area contributed by atoms with Crippen molar-refractivity contribution in [2.75, 3.05) is 6.26 Å². The lowest BCUT2D eigenvalue weighted by Gasteiger charge is -1.97. The molecule has 0 radical (unpaired) electrons. The molecule has 0 unspecified atom stereocenters. The van der Waals surface area contributed by atoms with Gasteiger partial charge < -0.3 is 4.98 Å². The molecule has 0 aliphatic rings. The van der Waals surface area contributed by atoms with Crippen LogP contribution in [-0.2, 0) is 12.8 Å². The molecule has 2 N–H and O–H groups in total. The van der Waals surface area contributed by atoms with Crippen molar-refractivity contribution in [1.29, 1.82) is 0 Å². The first-order valence-corrected chi connectivity index (χ1v) is 8.85. The van der Waals surface area contributed by atoms with Gasteiger partial charge in [0.2, 0.25) is 0 Å². The number of aromatic nitrogens is 2. The second-order valence-corrected chi connectivity index (χ2v) is 6.30. The van der Waals surface area contributed by atoms with Crippen molar-refractivity contribution >= 4 is 34.5 Å². The number of thioether (sulfide) groups is 1. The molecule has 6 heteroatoms. The molecule has 116 valence electrons.